The summed E-state index contributed by atoms with van der Waals surface area (Å²) >= 11 is 0. The molecule has 3 unspecified atom stereocenters. The summed E-state index contributed by atoms with van der Waals surface area (Å²) in [6.07, 6.45) is 8.54. The molecule has 0 aliphatic heterocycles. The molecule has 0 amide bonds. The van der Waals surface area contributed by atoms with Crippen LogP contribution in [0.2, 0.25) is 0 Å². The number of carbonyl (C=O) groups is 2. The van der Waals surface area contributed by atoms with Gasteiger partial charge in [-0.3, -0.25) is 4.48 Å². The molecule has 23 heavy (non-hydrogen) atoms. The number of aliphatic hydroxyl groups excluding tert-OH is 1. The predicted octanol–water partition coefficient (Wildman–Crippen LogP) is -2.10. The second-order valence-electron chi connectivity index (χ2n) is 5.69. The molecule has 0 spiro atoms. The van der Waals surface area contributed by atoms with Crippen LogP contribution >= 0.6 is 0 Å². The fourth-order valence-corrected chi connectivity index (χ4v) is 2.59. The molecule has 0 aromatic carbocycles. The molecule has 0 aliphatic carbocycles. The molecule has 0 heterocycles. The molecule has 7 heteroatoms. The van der Waals surface area contributed by atoms with Gasteiger partial charge in [0, 0.05) is 0 Å². The molecule has 0 radical (unpaired) electrons. The van der Waals surface area contributed by atoms with E-state index < -0.39 is 24.0 Å². The van der Waals surface area contributed by atoms with Crippen LogP contribution in [-0.2, 0) is 9.59 Å². The maximum absolute atomic E-state index is 11.4. The first-order chi connectivity index (χ1) is 10.3. The van der Waals surface area contributed by atoms with Crippen molar-refractivity contribution in [2.24, 2.45) is 0 Å². The van der Waals surface area contributed by atoms with Crippen LogP contribution in [0.25, 0.3) is 0 Å². The van der Waals surface area contributed by atoms with Gasteiger partial charge in [-0.05, 0) is 32.8 Å². The second kappa shape index (κ2) is 13.5. The molecule has 0 aromatic heterocycles. The molecule has 0 bridgehead atoms. The van der Waals surface area contributed by atoms with Crippen molar-refractivity contribution in [1.29, 1.82) is 0 Å². The summed E-state index contributed by atoms with van der Waals surface area (Å²) in [4.78, 5) is 22.7. The van der Waals surface area contributed by atoms with Crippen LogP contribution in [0.1, 0.15) is 52.9 Å². The Morgan fingerprint density at radius 1 is 1.17 bits per heavy atom. The minimum atomic E-state index is -1.32. The van der Waals surface area contributed by atoms with E-state index in [0.29, 0.717) is 0 Å². The molecular weight excluding hydrogens is 325 g/mol. The summed E-state index contributed by atoms with van der Waals surface area (Å²) in [5, 5.41) is 29.9. The SMILES string of the molecule is CCCCCC/C=C/[N+](CCO)(C(C)C(=O)[O-])C(C)C(=O)O.[K+]. The zero-order valence-electron chi connectivity index (χ0n) is 14.8. The standard InChI is InChI=1S/C16H29NO5.K/c1-4-5-6-7-8-9-10-17(11-12-18,13(2)15(19)20)14(3)16(21)22;/h9-10,13-14,18H,4-8,11-12H2,1-3H3,(H-,19,20,21,22);/q;+1/b10-9+;. The van der Waals surface area contributed by atoms with E-state index >= 15 is 0 Å². The predicted molar refractivity (Wildman–Crippen MR) is 81.7 cm³/mol. The van der Waals surface area contributed by atoms with Crippen molar-refractivity contribution in [2.75, 3.05) is 13.2 Å². The first-order valence-corrected chi connectivity index (χ1v) is 7.92. The molecule has 0 saturated heterocycles. The summed E-state index contributed by atoms with van der Waals surface area (Å²) in [6.45, 7) is 4.73. The van der Waals surface area contributed by atoms with Crippen molar-refractivity contribution in [3.8, 4) is 0 Å². The van der Waals surface area contributed by atoms with Gasteiger partial charge in [-0.2, -0.15) is 0 Å². The molecule has 3 atom stereocenters. The second-order valence-corrected chi connectivity index (χ2v) is 5.69. The van der Waals surface area contributed by atoms with Gasteiger partial charge in [-0.1, -0.05) is 26.2 Å². The normalized spacial score (nSPS) is 16.3. The van der Waals surface area contributed by atoms with E-state index in [0.717, 1.165) is 32.1 Å². The maximum Gasteiger partial charge on any atom is 1.00 e. The number of allylic oxidation sites excluding steroid dienone is 1. The minimum Gasteiger partial charge on any atom is -0.544 e. The van der Waals surface area contributed by atoms with Crippen LogP contribution in [0, 0.1) is 0 Å². The third-order valence-corrected chi connectivity index (χ3v) is 4.24. The average Bonchev–Trinajstić information content (AvgIpc) is 2.47. The van der Waals surface area contributed by atoms with Crippen LogP contribution in [-0.4, -0.2) is 51.9 Å². The monoisotopic (exact) mass is 354 g/mol. The quantitative estimate of drug-likeness (QED) is 0.238. The molecular formula is C16H29KNO5+. The van der Waals surface area contributed by atoms with Gasteiger partial charge in [0.15, 0.2) is 6.04 Å². The smallest absolute Gasteiger partial charge is 0.544 e. The number of aliphatic hydroxyl groups is 1. The van der Waals surface area contributed by atoms with E-state index in [4.69, 9.17) is 0 Å². The third kappa shape index (κ3) is 8.24. The molecule has 0 aromatic rings. The van der Waals surface area contributed by atoms with Crippen LogP contribution in [0.4, 0.5) is 0 Å². The maximum atomic E-state index is 11.4. The van der Waals surface area contributed by atoms with Crippen molar-refractivity contribution in [3.63, 3.8) is 0 Å². The molecule has 0 rings (SSSR count). The fourth-order valence-electron chi connectivity index (χ4n) is 2.59. The number of hydrogen-bond acceptors (Lipinski definition) is 4. The average molecular weight is 355 g/mol. The van der Waals surface area contributed by atoms with Crippen LogP contribution in [0.15, 0.2) is 12.3 Å². The van der Waals surface area contributed by atoms with E-state index in [-0.39, 0.29) is 69.0 Å². The summed E-state index contributed by atoms with van der Waals surface area (Å²) in [5.74, 6) is -2.42. The topological polar surface area (TPSA) is 97.7 Å². The van der Waals surface area contributed by atoms with Gasteiger partial charge < -0.3 is 20.1 Å². The first kappa shape index (κ1) is 25.5. The number of nitrogens with zero attached hydrogens (tertiary/aromatic N) is 1. The van der Waals surface area contributed by atoms with Gasteiger partial charge in [-0.25, -0.2) is 4.79 Å². The Balaban J connectivity index is 0. The van der Waals surface area contributed by atoms with Crippen LogP contribution in [0.3, 0.4) is 0 Å². The van der Waals surface area contributed by atoms with Crippen molar-refractivity contribution >= 4 is 11.9 Å². The summed E-state index contributed by atoms with van der Waals surface area (Å²) in [6, 6.07) is -2.03. The third-order valence-electron chi connectivity index (χ3n) is 4.24. The number of hydrogen-bond donors (Lipinski definition) is 2. The van der Waals surface area contributed by atoms with Gasteiger partial charge in [0.1, 0.15) is 12.6 Å². The van der Waals surface area contributed by atoms with E-state index in [1.165, 1.54) is 13.8 Å². The Labute approximate surface area is 181 Å². The Morgan fingerprint density at radius 2 is 1.78 bits per heavy atom. The molecule has 0 saturated carbocycles. The van der Waals surface area contributed by atoms with Crippen molar-refractivity contribution in [1.82, 2.24) is 0 Å². The van der Waals surface area contributed by atoms with Gasteiger partial charge >= 0.3 is 57.4 Å². The molecule has 2 N–H and O–H groups in total. The Hall–Kier alpha value is 0.236. The molecule has 6 nitrogen and oxygen atoms in total. The number of unbranched alkanes of at least 4 members (excludes halogenated alkanes) is 4. The Morgan fingerprint density at radius 3 is 2.22 bits per heavy atom. The van der Waals surface area contributed by atoms with Crippen molar-refractivity contribution in [3.05, 3.63) is 12.3 Å². The zero-order valence-corrected chi connectivity index (χ0v) is 17.9. The first-order valence-electron chi connectivity index (χ1n) is 7.92. The molecule has 0 aliphatic rings. The number of quaternary nitrogens is 1. The van der Waals surface area contributed by atoms with E-state index in [2.05, 4.69) is 6.92 Å². The van der Waals surface area contributed by atoms with Gasteiger partial charge in [0.25, 0.3) is 0 Å². The van der Waals surface area contributed by atoms with Gasteiger partial charge in [0.05, 0.1) is 18.8 Å². The summed E-state index contributed by atoms with van der Waals surface area (Å²) < 4.78 is -0.345. The molecule has 128 valence electrons. The summed E-state index contributed by atoms with van der Waals surface area (Å²) in [5.41, 5.74) is 0. The zero-order chi connectivity index (χ0) is 17.2. The fraction of sp³-hybridized carbons (Fsp3) is 0.750. The number of carboxylic acid groups (broad SMARTS) is 2. The van der Waals surface area contributed by atoms with Crippen LogP contribution in [0.5, 0.6) is 0 Å². The number of rotatable bonds is 12. The van der Waals surface area contributed by atoms with Gasteiger partial charge in [0.2, 0.25) is 0 Å². The Kier molecular flexibility index (Phi) is 15.0. The van der Waals surface area contributed by atoms with Gasteiger partial charge in [-0.15, -0.1) is 0 Å². The number of aliphatic carboxylic acids is 2. The summed E-state index contributed by atoms with van der Waals surface area (Å²) in [7, 11) is 0. The molecule has 0 fully saturated rings. The van der Waals surface area contributed by atoms with E-state index in [1.54, 1.807) is 6.20 Å². The van der Waals surface area contributed by atoms with Crippen LogP contribution < -0.4 is 56.5 Å². The van der Waals surface area contributed by atoms with E-state index in [1.807, 2.05) is 6.08 Å². The van der Waals surface area contributed by atoms with Crippen molar-refractivity contribution < 1.29 is 80.8 Å². The number of carboxylic acids is 2. The number of carbonyl (C=O) groups excluding carboxylic acids is 1. The van der Waals surface area contributed by atoms with Crippen molar-refractivity contribution in [2.45, 2.75) is 65.0 Å². The van der Waals surface area contributed by atoms with E-state index in [9.17, 15) is 24.9 Å². The minimum absolute atomic E-state index is 0. The Bertz CT molecular complexity index is 367. The largest absolute Gasteiger partial charge is 1.00 e.